The molecule has 7 amide bonds. The molecular formula is C50H84N10O8S. The minimum atomic E-state index is -0.810. The molecule has 0 aliphatic heterocycles. The van der Waals surface area contributed by atoms with Gasteiger partial charge in [0.1, 0.15) is 6.04 Å². The van der Waals surface area contributed by atoms with Crippen molar-refractivity contribution in [2.45, 2.75) is 200 Å². The molecule has 1 aliphatic carbocycles. The minimum Gasteiger partial charge on any atom is -0.375 e. The maximum absolute atomic E-state index is 13.3. The summed E-state index contributed by atoms with van der Waals surface area (Å²) >= 11 is 1.49. The molecule has 0 bridgehead atoms. The molecule has 0 radical (unpaired) electrons. The second-order valence-corrected chi connectivity index (χ2v) is 22.1. The van der Waals surface area contributed by atoms with Crippen LogP contribution in [-0.4, -0.2) is 119 Å². The molecule has 1 aromatic heterocycles. The molecule has 18 nitrogen and oxygen atoms in total. The lowest BCUT2D eigenvalue weighted by molar-refractivity contribution is -0.128. The van der Waals surface area contributed by atoms with Crippen molar-refractivity contribution in [1.82, 2.24) is 42.2 Å². The fraction of sp³-hybridized carbons (Fsp3) is 0.700. The summed E-state index contributed by atoms with van der Waals surface area (Å²) in [5.74, 6) is -1.64. The number of thiazole rings is 1. The molecule has 0 spiro atoms. The third-order valence-corrected chi connectivity index (χ3v) is 13.2. The van der Waals surface area contributed by atoms with Crippen LogP contribution in [0.1, 0.15) is 144 Å². The molecule has 3 rings (SSSR count). The monoisotopic (exact) mass is 985 g/mol. The van der Waals surface area contributed by atoms with Crippen molar-refractivity contribution < 1.29 is 38.2 Å². The Bertz CT molecular complexity index is 1990. The van der Waals surface area contributed by atoms with E-state index in [0.717, 1.165) is 43.5 Å². The van der Waals surface area contributed by atoms with Crippen LogP contribution >= 0.6 is 11.3 Å². The van der Waals surface area contributed by atoms with Crippen molar-refractivity contribution >= 4 is 52.0 Å². The van der Waals surface area contributed by atoms with Crippen LogP contribution in [0.3, 0.4) is 0 Å². The average Bonchev–Trinajstić information content (AvgIpc) is 3.64. The van der Waals surface area contributed by atoms with E-state index < -0.39 is 46.3 Å². The van der Waals surface area contributed by atoms with Crippen LogP contribution in [0.5, 0.6) is 0 Å². The minimum absolute atomic E-state index is 0.0900. The number of urea groups is 1. The summed E-state index contributed by atoms with van der Waals surface area (Å²) in [6.07, 6.45) is 5.81. The van der Waals surface area contributed by atoms with Crippen molar-refractivity contribution in [3.8, 4) is 0 Å². The molecule has 5 unspecified atom stereocenters. The SMILES string of the molecule is CCCNC1CCc2nc(NC(=O)CNC(=O)NC(C)(C)CCOC(C)(C)CC(=O)NC(C)C(C)NC(C)C(=O)NC(C)(C)CCOC(C)(C)CCC(=O)NC(Cc3ccccc3)C(N)=O)sc2C1. The van der Waals surface area contributed by atoms with Crippen molar-refractivity contribution in [3.05, 3.63) is 46.5 Å². The number of anilines is 1. The second kappa shape index (κ2) is 27.1. The number of benzene rings is 1. The molecule has 0 saturated carbocycles. The molecular weight excluding hydrogens is 901 g/mol. The van der Waals surface area contributed by atoms with Gasteiger partial charge >= 0.3 is 6.03 Å². The van der Waals surface area contributed by atoms with Crippen LogP contribution < -0.4 is 48.3 Å². The van der Waals surface area contributed by atoms with E-state index in [4.69, 9.17) is 15.2 Å². The van der Waals surface area contributed by atoms with Gasteiger partial charge in [0.05, 0.1) is 35.9 Å². The fourth-order valence-electron chi connectivity index (χ4n) is 7.67. The Morgan fingerprint density at radius 1 is 0.812 bits per heavy atom. The predicted molar refractivity (Wildman–Crippen MR) is 272 cm³/mol. The number of primary amides is 1. The Morgan fingerprint density at radius 2 is 1.45 bits per heavy atom. The summed E-state index contributed by atoms with van der Waals surface area (Å²) < 4.78 is 12.3. The topological polar surface area (TPSA) is 256 Å². The van der Waals surface area contributed by atoms with E-state index in [-0.39, 0.29) is 61.7 Å². The normalized spacial score (nSPS) is 16.0. The number of nitrogens with zero attached hydrogens (tertiary/aromatic N) is 1. The number of amides is 7. The first-order chi connectivity index (χ1) is 32.2. The zero-order valence-electron chi connectivity index (χ0n) is 43.4. The largest absolute Gasteiger partial charge is 0.375 e. The Kier molecular flexibility index (Phi) is 23.0. The second-order valence-electron chi connectivity index (χ2n) is 21.0. The lowest BCUT2D eigenvalue weighted by atomic mass is 9.98. The molecule has 1 heterocycles. The van der Waals surface area contributed by atoms with Crippen molar-refractivity contribution in [3.63, 3.8) is 0 Å². The third-order valence-electron chi connectivity index (χ3n) is 12.2. The molecule has 69 heavy (non-hydrogen) atoms. The molecule has 19 heteroatoms. The van der Waals surface area contributed by atoms with Crippen LogP contribution in [0.15, 0.2) is 30.3 Å². The highest BCUT2D eigenvalue weighted by Crippen LogP contribution is 2.30. The number of carbonyl (C=O) groups is 6. The predicted octanol–water partition coefficient (Wildman–Crippen LogP) is 4.54. The van der Waals surface area contributed by atoms with Gasteiger partial charge < -0.3 is 57.7 Å². The molecule has 2 aromatic rings. The van der Waals surface area contributed by atoms with Gasteiger partial charge in [0.25, 0.3) is 0 Å². The van der Waals surface area contributed by atoms with Gasteiger partial charge in [-0.1, -0.05) is 37.3 Å². The first-order valence-corrected chi connectivity index (χ1v) is 25.3. The van der Waals surface area contributed by atoms with Gasteiger partial charge in [0.15, 0.2) is 5.13 Å². The van der Waals surface area contributed by atoms with Crippen molar-refractivity contribution in [1.29, 1.82) is 0 Å². The van der Waals surface area contributed by atoms with E-state index in [1.54, 1.807) is 6.92 Å². The molecule has 5 atom stereocenters. The van der Waals surface area contributed by atoms with Crippen LogP contribution in [-0.2, 0) is 52.7 Å². The van der Waals surface area contributed by atoms with Gasteiger partial charge in [-0.3, -0.25) is 24.0 Å². The third kappa shape index (κ3) is 22.7. The maximum Gasteiger partial charge on any atom is 0.315 e. The van der Waals surface area contributed by atoms with Crippen LogP contribution in [0.25, 0.3) is 0 Å². The Balaban J connectivity index is 1.31. The average molecular weight is 985 g/mol. The summed E-state index contributed by atoms with van der Waals surface area (Å²) in [6, 6.07) is 7.38. The van der Waals surface area contributed by atoms with Gasteiger partial charge in [0.2, 0.25) is 29.5 Å². The molecule has 0 saturated heterocycles. The zero-order valence-corrected chi connectivity index (χ0v) is 44.2. The Hall–Kier alpha value is -4.69. The smallest absolute Gasteiger partial charge is 0.315 e. The highest BCUT2D eigenvalue weighted by atomic mass is 32.1. The molecule has 1 aromatic carbocycles. The van der Waals surface area contributed by atoms with Crippen LogP contribution in [0, 0.1) is 0 Å². The maximum atomic E-state index is 13.3. The summed E-state index contributed by atoms with van der Waals surface area (Å²) in [6.45, 7) is 24.1. The van der Waals surface area contributed by atoms with Crippen LogP contribution in [0.4, 0.5) is 9.93 Å². The van der Waals surface area contributed by atoms with Crippen molar-refractivity contribution in [2.75, 3.05) is 31.6 Å². The molecule has 0 fully saturated rings. The molecule has 10 N–H and O–H groups in total. The van der Waals surface area contributed by atoms with E-state index in [9.17, 15) is 28.8 Å². The number of nitrogens with two attached hydrogens (primary N) is 1. The summed E-state index contributed by atoms with van der Waals surface area (Å²) in [7, 11) is 0. The molecule has 388 valence electrons. The van der Waals surface area contributed by atoms with Crippen LogP contribution in [0.2, 0.25) is 0 Å². The number of ether oxygens (including phenoxy) is 2. The first kappa shape index (κ1) is 58.6. The Labute approximate surface area is 414 Å². The lowest BCUT2D eigenvalue weighted by Gasteiger charge is -2.32. The number of hydrogen-bond donors (Lipinski definition) is 9. The number of carbonyl (C=O) groups excluding carboxylic acids is 6. The quantitative estimate of drug-likeness (QED) is 0.0526. The van der Waals surface area contributed by atoms with Gasteiger partial charge in [-0.25, -0.2) is 9.78 Å². The van der Waals surface area contributed by atoms with Gasteiger partial charge in [-0.05, 0) is 133 Å². The van der Waals surface area contributed by atoms with Gasteiger partial charge in [0, 0.05) is 60.1 Å². The number of hydrogen-bond acceptors (Lipinski definition) is 12. The van der Waals surface area contributed by atoms with Crippen molar-refractivity contribution in [2.24, 2.45) is 5.73 Å². The van der Waals surface area contributed by atoms with E-state index in [1.165, 1.54) is 16.2 Å². The van der Waals surface area contributed by atoms with E-state index >= 15 is 0 Å². The van der Waals surface area contributed by atoms with Gasteiger partial charge in [-0.2, -0.15) is 0 Å². The first-order valence-electron chi connectivity index (χ1n) is 24.5. The number of nitrogens with one attached hydrogen (secondary N) is 8. The lowest BCUT2D eigenvalue weighted by Crippen LogP contribution is -2.56. The Morgan fingerprint density at radius 3 is 2.09 bits per heavy atom. The summed E-state index contributed by atoms with van der Waals surface area (Å²) in [4.78, 5) is 82.3. The number of aryl methyl sites for hydroxylation is 1. The number of aromatic nitrogens is 1. The van der Waals surface area contributed by atoms with E-state index in [2.05, 4.69) is 54.4 Å². The number of rotatable bonds is 30. The van der Waals surface area contributed by atoms with E-state index in [1.807, 2.05) is 99.6 Å². The zero-order chi connectivity index (χ0) is 51.6. The summed E-state index contributed by atoms with van der Waals surface area (Å²) in [5, 5.41) is 24.6. The standard InChI is InChI=1S/C50H84N10O8S/c1-13-25-52-36-19-20-37-39(29-36)69-46(57-37)58-42(63)31-53-45(66)60-48(7,8)24-27-68-50(11,12)30-41(62)55-33(3)32(2)54-34(4)44(65)59-47(5,6)23-26-67-49(9,10)22-21-40(61)56-38(43(51)64)28-35-17-15-14-16-18-35/h14-18,32-34,36,38,52,54H,13,19-31H2,1-12H3,(H2,51,64)(H,55,62)(H,56,61)(H,59,65)(H2,53,60,66)(H,57,58,63). The fourth-order valence-corrected chi connectivity index (χ4v) is 8.77. The number of fused-ring (bicyclic) bond motifs is 1. The highest BCUT2D eigenvalue weighted by Gasteiger charge is 2.31. The van der Waals surface area contributed by atoms with Gasteiger partial charge in [-0.15, -0.1) is 11.3 Å². The summed E-state index contributed by atoms with van der Waals surface area (Å²) in [5.41, 5.74) is 4.79. The van der Waals surface area contributed by atoms with E-state index in [0.29, 0.717) is 43.5 Å². The molecule has 1 aliphatic rings. The highest BCUT2D eigenvalue weighted by molar-refractivity contribution is 7.15.